The van der Waals surface area contributed by atoms with E-state index in [1.165, 1.54) is 23.1 Å². The van der Waals surface area contributed by atoms with Crippen molar-refractivity contribution in [3.63, 3.8) is 0 Å². The number of amides is 2. The summed E-state index contributed by atoms with van der Waals surface area (Å²) in [5.74, 6) is -2.09. The standard InChI is InChI=1S/C18H22F4N2O3S/c1-12(8-10-28(2,26)27)23-17(25)24-9-7-14(18(20,21)22)11-16(24)13-3-5-15(19)6-4-13/h3-6,8,10,12,14,16H,7,9,11H2,1-2H3,(H,23,25)/b10-8+/t12?,14-,16+/m0/s1. The molecule has 5 nitrogen and oxygen atoms in total. The number of hydrogen-bond donors (Lipinski definition) is 1. The van der Waals surface area contributed by atoms with Gasteiger partial charge in [0.1, 0.15) is 5.82 Å². The highest BCUT2D eigenvalue weighted by Crippen LogP contribution is 2.42. The van der Waals surface area contributed by atoms with Gasteiger partial charge >= 0.3 is 12.2 Å². The Labute approximate surface area is 161 Å². The summed E-state index contributed by atoms with van der Waals surface area (Å²) in [7, 11) is -3.37. The van der Waals surface area contributed by atoms with Crippen molar-refractivity contribution in [1.82, 2.24) is 10.2 Å². The highest BCUT2D eigenvalue weighted by molar-refractivity contribution is 7.93. The van der Waals surface area contributed by atoms with E-state index in [2.05, 4.69) is 5.32 Å². The van der Waals surface area contributed by atoms with Crippen LogP contribution in [0, 0.1) is 11.7 Å². The summed E-state index contributed by atoms with van der Waals surface area (Å²) in [5, 5.41) is 3.52. The second-order valence-electron chi connectivity index (χ2n) is 6.92. The Hall–Kier alpha value is -2.10. The van der Waals surface area contributed by atoms with Crippen molar-refractivity contribution in [2.75, 3.05) is 12.8 Å². The van der Waals surface area contributed by atoms with Crippen LogP contribution in [-0.4, -0.2) is 44.4 Å². The van der Waals surface area contributed by atoms with Crippen molar-refractivity contribution < 1.29 is 30.8 Å². The van der Waals surface area contributed by atoms with Gasteiger partial charge in [0.05, 0.1) is 12.0 Å². The fourth-order valence-corrected chi connectivity index (χ4v) is 3.61. The van der Waals surface area contributed by atoms with Gasteiger partial charge in [-0.2, -0.15) is 13.2 Å². The molecule has 1 aromatic carbocycles. The Kier molecular flexibility index (Phi) is 6.74. The van der Waals surface area contributed by atoms with Gasteiger partial charge in [-0.15, -0.1) is 0 Å². The average molecular weight is 422 g/mol. The van der Waals surface area contributed by atoms with Crippen LogP contribution < -0.4 is 5.32 Å². The molecule has 1 unspecified atom stereocenters. The minimum Gasteiger partial charge on any atom is -0.332 e. The SMILES string of the molecule is CC(/C=C/S(C)(=O)=O)NC(=O)N1CC[C@H](C(F)(F)F)C[C@@H]1c1ccc(F)cc1. The fourth-order valence-electron chi connectivity index (χ4n) is 3.09. The molecule has 10 heteroatoms. The van der Waals surface area contributed by atoms with E-state index >= 15 is 0 Å². The van der Waals surface area contributed by atoms with E-state index in [4.69, 9.17) is 0 Å². The molecule has 28 heavy (non-hydrogen) atoms. The maximum atomic E-state index is 13.2. The van der Waals surface area contributed by atoms with E-state index in [0.29, 0.717) is 5.56 Å². The molecule has 0 radical (unpaired) electrons. The monoisotopic (exact) mass is 422 g/mol. The Morgan fingerprint density at radius 3 is 2.43 bits per heavy atom. The lowest BCUT2D eigenvalue weighted by Gasteiger charge is -2.40. The molecule has 1 fully saturated rings. The summed E-state index contributed by atoms with van der Waals surface area (Å²) in [6.45, 7) is 1.43. The van der Waals surface area contributed by atoms with E-state index in [9.17, 15) is 30.8 Å². The molecule has 1 aliphatic rings. The first-order valence-corrected chi connectivity index (χ1v) is 10.6. The van der Waals surface area contributed by atoms with Crippen molar-refractivity contribution in [3.8, 4) is 0 Å². The van der Waals surface area contributed by atoms with Gasteiger partial charge in [0, 0.05) is 24.3 Å². The molecule has 0 saturated carbocycles. The maximum Gasteiger partial charge on any atom is 0.391 e. The van der Waals surface area contributed by atoms with E-state index in [-0.39, 0.29) is 19.4 Å². The number of likely N-dealkylation sites (tertiary alicyclic amines) is 1. The van der Waals surface area contributed by atoms with Crippen LogP contribution in [0.1, 0.15) is 31.4 Å². The van der Waals surface area contributed by atoms with Crippen LogP contribution >= 0.6 is 0 Å². The van der Waals surface area contributed by atoms with E-state index < -0.39 is 45.9 Å². The van der Waals surface area contributed by atoms with Crippen LogP contribution in [0.2, 0.25) is 0 Å². The van der Waals surface area contributed by atoms with Gasteiger partial charge in [-0.25, -0.2) is 17.6 Å². The predicted octanol–water partition coefficient (Wildman–Crippen LogP) is 3.80. The number of sulfone groups is 1. The van der Waals surface area contributed by atoms with Crippen molar-refractivity contribution in [3.05, 3.63) is 47.1 Å². The van der Waals surface area contributed by atoms with Crippen molar-refractivity contribution >= 4 is 15.9 Å². The van der Waals surface area contributed by atoms with Crippen LogP contribution in [-0.2, 0) is 9.84 Å². The average Bonchev–Trinajstić information content (AvgIpc) is 2.59. The third kappa shape index (κ3) is 6.22. The van der Waals surface area contributed by atoms with Gasteiger partial charge in [-0.1, -0.05) is 18.2 Å². The summed E-state index contributed by atoms with van der Waals surface area (Å²) in [6.07, 6.45) is -2.65. The number of nitrogens with zero attached hydrogens (tertiary/aromatic N) is 1. The van der Waals surface area contributed by atoms with Crippen molar-refractivity contribution in [1.29, 1.82) is 0 Å². The third-order valence-corrected chi connectivity index (χ3v) is 5.20. The molecule has 1 heterocycles. The second kappa shape index (κ2) is 8.50. The van der Waals surface area contributed by atoms with Gasteiger partial charge in [-0.3, -0.25) is 0 Å². The summed E-state index contributed by atoms with van der Waals surface area (Å²) in [4.78, 5) is 13.9. The Morgan fingerprint density at radius 1 is 1.29 bits per heavy atom. The lowest BCUT2D eigenvalue weighted by molar-refractivity contribution is -0.188. The molecule has 1 aromatic rings. The molecule has 1 aliphatic heterocycles. The van der Waals surface area contributed by atoms with Gasteiger partial charge in [0.15, 0.2) is 9.84 Å². The third-order valence-electron chi connectivity index (χ3n) is 4.55. The fraction of sp³-hybridized carbons (Fsp3) is 0.500. The minimum absolute atomic E-state index is 0.124. The highest BCUT2D eigenvalue weighted by atomic mass is 32.2. The van der Waals surface area contributed by atoms with Crippen molar-refractivity contribution in [2.24, 2.45) is 5.92 Å². The maximum absolute atomic E-state index is 13.2. The molecule has 3 atom stereocenters. The molecule has 156 valence electrons. The molecule has 0 spiro atoms. The number of carbonyl (C=O) groups excluding carboxylic acids is 1. The number of halogens is 4. The zero-order chi connectivity index (χ0) is 21.1. The Morgan fingerprint density at radius 2 is 1.89 bits per heavy atom. The predicted molar refractivity (Wildman–Crippen MR) is 96.6 cm³/mol. The van der Waals surface area contributed by atoms with Crippen LogP contribution in [0.5, 0.6) is 0 Å². The number of benzene rings is 1. The van der Waals surface area contributed by atoms with E-state index in [1.807, 2.05) is 0 Å². The van der Waals surface area contributed by atoms with E-state index in [0.717, 1.165) is 23.8 Å². The van der Waals surface area contributed by atoms with Crippen LogP contribution in [0.4, 0.5) is 22.4 Å². The van der Waals surface area contributed by atoms with Gasteiger partial charge in [0.25, 0.3) is 0 Å². The topological polar surface area (TPSA) is 66.5 Å². The van der Waals surface area contributed by atoms with Crippen LogP contribution in [0.3, 0.4) is 0 Å². The first kappa shape index (κ1) is 22.2. The van der Waals surface area contributed by atoms with Crippen LogP contribution in [0.15, 0.2) is 35.7 Å². The molecule has 2 amide bonds. The number of piperidine rings is 1. The molecule has 2 rings (SSSR count). The lowest BCUT2D eigenvalue weighted by Crippen LogP contribution is -2.49. The molecule has 0 bridgehead atoms. The molecule has 1 N–H and O–H groups in total. The lowest BCUT2D eigenvalue weighted by atomic mass is 9.87. The summed E-state index contributed by atoms with van der Waals surface area (Å²) >= 11 is 0. The smallest absolute Gasteiger partial charge is 0.332 e. The number of nitrogens with one attached hydrogen (secondary N) is 1. The molecule has 0 aliphatic carbocycles. The first-order valence-electron chi connectivity index (χ1n) is 8.64. The number of rotatable bonds is 4. The molecular weight excluding hydrogens is 400 g/mol. The first-order chi connectivity index (χ1) is 12.9. The molecule has 1 saturated heterocycles. The number of urea groups is 1. The molecule has 0 aromatic heterocycles. The number of carbonyl (C=O) groups is 1. The zero-order valence-electron chi connectivity index (χ0n) is 15.4. The highest BCUT2D eigenvalue weighted by Gasteiger charge is 2.45. The zero-order valence-corrected chi connectivity index (χ0v) is 16.2. The number of alkyl halides is 3. The van der Waals surface area contributed by atoms with Crippen LogP contribution in [0.25, 0.3) is 0 Å². The Bertz CT molecular complexity index is 822. The van der Waals surface area contributed by atoms with Gasteiger partial charge < -0.3 is 10.2 Å². The van der Waals surface area contributed by atoms with Gasteiger partial charge in [0.2, 0.25) is 0 Å². The largest absolute Gasteiger partial charge is 0.391 e. The number of hydrogen-bond acceptors (Lipinski definition) is 3. The van der Waals surface area contributed by atoms with Crippen molar-refractivity contribution in [2.45, 2.75) is 38.0 Å². The van der Waals surface area contributed by atoms with E-state index in [1.54, 1.807) is 6.92 Å². The Balaban J connectivity index is 2.21. The second-order valence-corrected chi connectivity index (χ2v) is 8.85. The van der Waals surface area contributed by atoms with Gasteiger partial charge in [-0.05, 0) is 37.5 Å². The summed E-state index contributed by atoms with van der Waals surface area (Å²) in [5.41, 5.74) is 0.407. The quantitative estimate of drug-likeness (QED) is 0.751. The molecular formula is C18H22F4N2O3S. The summed E-state index contributed by atoms with van der Waals surface area (Å²) in [6, 6.07) is 2.89. The normalized spacial score (nSPS) is 22.3. The minimum atomic E-state index is -4.38. The summed E-state index contributed by atoms with van der Waals surface area (Å²) < 4.78 is 75.1.